The molecule has 0 aliphatic heterocycles. The smallest absolute Gasteiger partial charge is 0.278 e. The summed E-state index contributed by atoms with van der Waals surface area (Å²) in [5, 5.41) is 11.7. The number of anilines is 1. The normalized spacial score (nSPS) is 11.4. The van der Waals surface area contributed by atoms with Gasteiger partial charge in [-0.05, 0) is 36.1 Å². The highest BCUT2D eigenvalue weighted by atomic mass is 16.2. The van der Waals surface area contributed by atoms with Crippen LogP contribution < -0.4 is 5.32 Å². The van der Waals surface area contributed by atoms with E-state index in [1.807, 2.05) is 54.6 Å². The Bertz CT molecular complexity index is 892. The Balaban J connectivity index is 1.90. The van der Waals surface area contributed by atoms with Crippen LogP contribution >= 0.6 is 0 Å². The number of aromatic nitrogens is 3. The van der Waals surface area contributed by atoms with Crippen molar-refractivity contribution < 1.29 is 4.79 Å². The zero-order valence-electron chi connectivity index (χ0n) is 14.9. The van der Waals surface area contributed by atoms with Gasteiger partial charge in [0, 0.05) is 5.69 Å². The Kier molecular flexibility index (Phi) is 4.40. The first-order chi connectivity index (χ1) is 11.9. The Morgan fingerprint density at radius 1 is 0.960 bits per heavy atom. The predicted octanol–water partition coefficient (Wildman–Crippen LogP) is 4.13. The molecule has 1 amide bonds. The van der Waals surface area contributed by atoms with Gasteiger partial charge in [-0.25, -0.2) is 0 Å². The van der Waals surface area contributed by atoms with Gasteiger partial charge < -0.3 is 5.32 Å². The molecule has 128 valence electrons. The van der Waals surface area contributed by atoms with Crippen molar-refractivity contribution in [2.45, 2.75) is 33.1 Å². The summed E-state index contributed by atoms with van der Waals surface area (Å²) in [5.41, 5.74) is 3.55. The van der Waals surface area contributed by atoms with E-state index < -0.39 is 0 Å². The van der Waals surface area contributed by atoms with E-state index in [4.69, 9.17) is 0 Å². The SMILES string of the molecule is Cc1nn(-c2ccccc2)nc1C(=O)Nc1ccccc1C(C)(C)C. The number of rotatable bonds is 3. The van der Waals surface area contributed by atoms with E-state index >= 15 is 0 Å². The van der Waals surface area contributed by atoms with E-state index in [9.17, 15) is 4.79 Å². The number of amides is 1. The van der Waals surface area contributed by atoms with Crippen LogP contribution in [0.3, 0.4) is 0 Å². The quantitative estimate of drug-likeness (QED) is 0.783. The van der Waals surface area contributed by atoms with Crippen LogP contribution in [0.1, 0.15) is 42.5 Å². The molecule has 0 fully saturated rings. The third-order valence-electron chi connectivity index (χ3n) is 3.97. The molecule has 3 rings (SSSR count). The Labute approximate surface area is 147 Å². The van der Waals surface area contributed by atoms with Gasteiger partial charge in [0.05, 0.1) is 11.4 Å². The number of nitrogens with one attached hydrogen (secondary N) is 1. The van der Waals surface area contributed by atoms with Crippen LogP contribution in [-0.4, -0.2) is 20.9 Å². The number of aryl methyl sites for hydroxylation is 1. The maximum absolute atomic E-state index is 12.7. The van der Waals surface area contributed by atoms with Crippen LogP contribution in [0, 0.1) is 6.92 Å². The third kappa shape index (κ3) is 3.60. The molecule has 0 spiro atoms. The summed E-state index contributed by atoms with van der Waals surface area (Å²) in [7, 11) is 0. The first-order valence-corrected chi connectivity index (χ1v) is 8.26. The molecule has 0 unspecified atom stereocenters. The third-order valence-corrected chi connectivity index (χ3v) is 3.97. The van der Waals surface area contributed by atoms with Gasteiger partial charge in [0.15, 0.2) is 5.69 Å². The fourth-order valence-electron chi connectivity index (χ4n) is 2.69. The molecule has 5 nitrogen and oxygen atoms in total. The molecule has 0 aliphatic carbocycles. The molecule has 2 aromatic carbocycles. The molecule has 5 heteroatoms. The van der Waals surface area contributed by atoms with Crippen molar-refractivity contribution in [3.05, 3.63) is 71.5 Å². The van der Waals surface area contributed by atoms with E-state index in [-0.39, 0.29) is 11.3 Å². The van der Waals surface area contributed by atoms with Gasteiger partial charge in [0.25, 0.3) is 5.91 Å². The summed E-state index contributed by atoms with van der Waals surface area (Å²) < 4.78 is 0. The Hall–Kier alpha value is -2.95. The molecule has 25 heavy (non-hydrogen) atoms. The molecule has 0 bridgehead atoms. The molecule has 0 aliphatic rings. The molecular formula is C20H22N4O. The molecule has 3 aromatic rings. The van der Waals surface area contributed by atoms with Gasteiger partial charge in [0.1, 0.15) is 0 Å². The minimum atomic E-state index is -0.253. The summed E-state index contributed by atoms with van der Waals surface area (Å²) in [6, 6.07) is 17.4. The zero-order valence-corrected chi connectivity index (χ0v) is 14.9. The summed E-state index contributed by atoms with van der Waals surface area (Å²) >= 11 is 0. The monoisotopic (exact) mass is 334 g/mol. The molecule has 0 atom stereocenters. The molecule has 1 heterocycles. The van der Waals surface area contributed by atoms with Crippen molar-refractivity contribution in [2.24, 2.45) is 0 Å². The molecule has 0 radical (unpaired) electrons. The number of hydrogen-bond donors (Lipinski definition) is 1. The standard InChI is InChI=1S/C20H22N4O/c1-14-18(23-24(22-14)15-10-6-5-7-11-15)19(25)21-17-13-9-8-12-16(17)20(2,3)4/h5-13H,1-4H3,(H,21,25). The Morgan fingerprint density at radius 2 is 1.60 bits per heavy atom. The van der Waals surface area contributed by atoms with Crippen LogP contribution in [0.15, 0.2) is 54.6 Å². The zero-order chi connectivity index (χ0) is 18.0. The van der Waals surface area contributed by atoms with Gasteiger partial charge in [-0.1, -0.05) is 57.2 Å². The van der Waals surface area contributed by atoms with Gasteiger partial charge in [0.2, 0.25) is 0 Å². The van der Waals surface area contributed by atoms with E-state index in [1.165, 1.54) is 4.80 Å². The van der Waals surface area contributed by atoms with E-state index in [0.717, 1.165) is 16.9 Å². The lowest BCUT2D eigenvalue weighted by molar-refractivity contribution is 0.102. The first kappa shape index (κ1) is 16.9. The van der Waals surface area contributed by atoms with Crippen molar-refractivity contribution in [3.63, 3.8) is 0 Å². The van der Waals surface area contributed by atoms with Crippen LogP contribution in [0.4, 0.5) is 5.69 Å². The van der Waals surface area contributed by atoms with Crippen molar-refractivity contribution >= 4 is 11.6 Å². The highest BCUT2D eigenvalue weighted by molar-refractivity contribution is 6.04. The minimum Gasteiger partial charge on any atom is -0.320 e. The van der Waals surface area contributed by atoms with Crippen molar-refractivity contribution in [1.82, 2.24) is 15.0 Å². The lowest BCUT2D eigenvalue weighted by atomic mass is 9.86. The second-order valence-corrected chi connectivity index (χ2v) is 7.01. The lowest BCUT2D eigenvalue weighted by Crippen LogP contribution is -2.19. The van der Waals surface area contributed by atoms with E-state index in [1.54, 1.807) is 6.92 Å². The number of nitrogens with zero attached hydrogens (tertiary/aromatic N) is 3. The molecule has 0 saturated carbocycles. The first-order valence-electron chi connectivity index (χ1n) is 8.26. The van der Waals surface area contributed by atoms with Crippen LogP contribution in [0.2, 0.25) is 0 Å². The van der Waals surface area contributed by atoms with Crippen LogP contribution in [0.25, 0.3) is 5.69 Å². The largest absolute Gasteiger partial charge is 0.320 e. The number of para-hydroxylation sites is 2. The summed E-state index contributed by atoms with van der Waals surface area (Å²) in [6.45, 7) is 8.15. The van der Waals surface area contributed by atoms with Gasteiger partial charge in [-0.15, -0.1) is 5.10 Å². The number of benzene rings is 2. The Morgan fingerprint density at radius 3 is 2.28 bits per heavy atom. The maximum atomic E-state index is 12.7. The second kappa shape index (κ2) is 6.51. The van der Waals surface area contributed by atoms with Crippen molar-refractivity contribution in [1.29, 1.82) is 0 Å². The maximum Gasteiger partial charge on any atom is 0.278 e. The number of carbonyl (C=O) groups excluding carboxylic acids is 1. The fourth-order valence-corrected chi connectivity index (χ4v) is 2.69. The second-order valence-electron chi connectivity index (χ2n) is 7.01. The summed E-state index contributed by atoms with van der Waals surface area (Å²) in [4.78, 5) is 14.2. The summed E-state index contributed by atoms with van der Waals surface area (Å²) in [6.07, 6.45) is 0. The van der Waals surface area contributed by atoms with Crippen LogP contribution in [0.5, 0.6) is 0 Å². The summed E-state index contributed by atoms with van der Waals surface area (Å²) in [5.74, 6) is -0.253. The number of carbonyl (C=O) groups is 1. The molecular weight excluding hydrogens is 312 g/mol. The van der Waals surface area contributed by atoms with Gasteiger partial charge in [-0.3, -0.25) is 4.79 Å². The number of hydrogen-bond acceptors (Lipinski definition) is 3. The lowest BCUT2D eigenvalue weighted by Gasteiger charge is -2.22. The van der Waals surface area contributed by atoms with E-state index in [0.29, 0.717) is 11.4 Å². The van der Waals surface area contributed by atoms with Gasteiger partial charge in [-0.2, -0.15) is 9.90 Å². The fraction of sp³-hybridized carbons (Fsp3) is 0.250. The minimum absolute atomic E-state index is 0.0689. The molecule has 0 saturated heterocycles. The highest BCUT2D eigenvalue weighted by Crippen LogP contribution is 2.29. The van der Waals surface area contributed by atoms with Crippen molar-refractivity contribution in [3.8, 4) is 5.69 Å². The topological polar surface area (TPSA) is 59.8 Å². The predicted molar refractivity (Wildman–Crippen MR) is 99.2 cm³/mol. The average Bonchev–Trinajstić information content (AvgIpc) is 2.97. The van der Waals surface area contributed by atoms with E-state index in [2.05, 4.69) is 36.3 Å². The highest BCUT2D eigenvalue weighted by Gasteiger charge is 2.21. The van der Waals surface area contributed by atoms with Gasteiger partial charge >= 0.3 is 0 Å². The molecule has 1 N–H and O–H groups in total. The van der Waals surface area contributed by atoms with Crippen LogP contribution in [-0.2, 0) is 5.41 Å². The average molecular weight is 334 g/mol. The van der Waals surface area contributed by atoms with Crippen molar-refractivity contribution in [2.75, 3.05) is 5.32 Å². The molecule has 1 aromatic heterocycles.